The van der Waals surface area contributed by atoms with Crippen molar-refractivity contribution in [2.75, 3.05) is 5.73 Å². The van der Waals surface area contributed by atoms with E-state index in [0.29, 0.717) is 12.3 Å². The topological polar surface area (TPSA) is 91.2 Å². The minimum atomic E-state index is -0.613. The zero-order valence-corrected chi connectivity index (χ0v) is 9.67. The molecule has 0 atom stereocenters. The van der Waals surface area contributed by atoms with Crippen molar-refractivity contribution in [2.45, 2.75) is 6.61 Å². The third-order valence-electron chi connectivity index (χ3n) is 2.36. The van der Waals surface area contributed by atoms with Crippen LogP contribution in [0.15, 0.2) is 42.6 Å². The van der Waals surface area contributed by atoms with Gasteiger partial charge in [-0.2, -0.15) is 0 Å². The second-order valence-electron chi connectivity index (χ2n) is 3.76. The number of pyridine rings is 1. The molecule has 0 saturated heterocycles. The summed E-state index contributed by atoms with van der Waals surface area (Å²) in [7, 11) is 0. The number of aromatic nitrogens is 1. The summed E-state index contributed by atoms with van der Waals surface area (Å²) in [6.07, 6.45) is 1.42. The quantitative estimate of drug-likeness (QED) is 0.847. The highest BCUT2D eigenvalue weighted by atomic mass is 16.5. The van der Waals surface area contributed by atoms with Crippen molar-refractivity contribution in [1.82, 2.24) is 4.98 Å². The molecule has 0 bridgehead atoms. The fraction of sp³-hybridized carbons (Fsp3) is 0.0769. The first kappa shape index (κ1) is 11.9. The van der Waals surface area contributed by atoms with Crippen molar-refractivity contribution in [3.05, 3.63) is 53.7 Å². The van der Waals surface area contributed by atoms with E-state index in [-0.39, 0.29) is 11.4 Å². The minimum absolute atomic E-state index is 0.186. The van der Waals surface area contributed by atoms with Gasteiger partial charge in [0, 0.05) is 0 Å². The smallest absolute Gasteiger partial charge is 0.254 e. The van der Waals surface area contributed by atoms with Gasteiger partial charge in [-0.05, 0) is 11.6 Å². The zero-order chi connectivity index (χ0) is 13.0. The third kappa shape index (κ3) is 2.76. The first-order chi connectivity index (χ1) is 8.66. The maximum Gasteiger partial charge on any atom is 0.254 e. The van der Waals surface area contributed by atoms with Gasteiger partial charge in [-0.15, -0.1) is 0 Å². The number of anilines is 1. The van der Waals surface area contributed by atoms with E-state index >= 15 is 0 Å². The van der Waals surface area contributed by atoms with Gasteiger partial charge >= 0.3 is 0 Å². The van der Waals surface area contributed by atoms with Crippen molar-refractivity contribution in [3.8, 4) is 5.88 Å². The molecule has 18 heavy (non-hydrogen) atoms. The predicted molar refractivity (Wildman–Crippen MR) is 67.9 cm³/mol. The van der Waals surface area contributed by atoms with Crippen LogP contribution in [0.5, 0.6) is 5.88 Å². The van der Waals surface area contributed by atoms with E-state index in [1.54, 1.807) is 0 Å². The van der Waals surface area contributed by atoms with Gasteiger partial charge in [-0.25, -0.2) is 4.98 Å². The Morgan fingerprint density at radius 1 is 1.28 bits per heavy atom. The van der Waals surface area contributed by atoms with E-state index in [1.165, 1.54) is 12.3 Å². The van der Waals surface area contributed by atoms with E-state index in [0.717, 1.165) is 5.56 Å². The number of hydrogen-bond acceptors (Lipinski definition) is 4. The van der Waals surface area contributed by atoms with E-state index in [4.69, 9.17) is 16.2 Å². The maximum absolute atomic E-state index is 11.2. The number of carbonyl (C=O) groups excluding carboxylic acids is 1. The molecule has 0 unspecified atom stereocenters. The highest BCUT2D eigenvalue weighted by Gasteiger charge is 2.11. The average Bonchev–Trinajstić information content (AvgIpc) is 2.38. The summed E-state index contributed by atoms with van der Waals surface area (Å²) >= 11 is 0. The normalized spacial score (nSPS) is 10.0. The Morgan fingerprint density at radius 2 is 2.00 bits per heavy atom. The van der Waals surface area contributed by atoms with Gasteiger partial charge in [0.05, 0.1) is 11.9 Å². The summed E-state index contributed by atoms with van der Waals surface area (Å²) in [5, 5.41) is 0. The Kier molecular flexibility index (Phi) is 3.43. The van der Waals surface area contributed by atoms with Crippen LogP contribution >= 0.6 is 0 Å². The molecule has 0 spiro atoms. The standard InChI is InChI=1S/C13H13N3O2/c14-10-6-11(12(15)17)13(16-7-10)18-8-9-4-2-1-3-5-9/h1-7H,8,14H2,(H2,15,17). The number of benzene rings is 1. The minimum Gasteiger partial charge on any atom is -0.472 e. The number of carbonyl (C=O) groups is 1. The van der Waals surface area contributed by atoms with Gasteiger partial charge in [0.2, 0.25) is 5.88 Å². The largest absolute Gasteiger partial charge is 0.472 e. The lowest BCUT2D eigenvalue weighted by molar-refractivity contribution is 0.0995. The van der Waals surface area contributed by atoms with Crippen LogP contribution in [-0.2, 0) is 6.61 Å². The van der Waals surface area contributed by atoms with E-state index in [1.807, 2.05) is 30.3 Å². The summed E-state index contributed by atoms with van der Waals surface area (Å²) in [6, 6.07) is 11.0. The molecule has 0 aliphatic heterocycles. The maximum atomic E-state index is 11.2. The fourth-order valence-corrected chi connectivity index (χ4v) is 1.49. The van der Waals surface area contributed by atoms with Crippen LogP contribution in [0.3, 0.4) is 0 Å². The lowest BCUT2D eigenvalue weighted by atomic mass is 10.2. The van der Waals surface area contributed by atoms with Crippen LogP contribution in [0.2, 0.25) is 0 Å². The molecule has 92 valence electrons. The van der Waals surface area contributed by atoms with Crippen LogP contribution in [-0.4, -0.2) is 10.9 Å². The Bertz CT molecular complexity index is 555. The Labute approximate surface area is 104 Å². The fourth-order valence-electron chi connectivity index (χ4n) is 1.49. The number of rotatable bonds is 4. The van der Waals surface area contributed by atoms with Crippen molar-refractivity contribution in [1.29, 1.82) is 0 Å². The van der Waals surface area contributed by atoms with Crippen LogP contribution in [0, 0.1) is 0 Å². The second kappa shape index (κ2) is 5.18. The number of primary amides is 1. The molecule has 1 amide bonds. The molecule has 0 aliphatic carbocycles. The molecule has 1 heterocycles. The predicted octanol–water partition coefficient (Wildman–Crippen LogP) is 1.34. The Morgan fingerprint density at radius 3 is 2.67 bits per heavy atom. The Balaban J connectivity index is 2.17. The van der Waals surface area contributed by atoms with Crippen molar-refractivity contribution < 1.29 is 9.53 Å². The first-order valence-electron chi connectivity index (χ1n) is 5.39. The molecule has 4 N–H and O–H groups in total. The highest BCUT2D eigenvalue weighted by molar-refractivity contribution is 5.95. The van der Waals surface area contributed by atoms with Gasteiger partial charge in [0.15, 0.2) is 0 Å². The van der Waals surface area contributed by atoms with Crippen molar-refractivity contribution in [3.63, 3.8) is 0 Å². The lowest BCUT2D eigenvalue weighted by Crippen LogP contribution is -2.14. The molecule has 0 radical (unpaired) electrons. The molecular formula is C13H13N3O2. The van der Waals surface area contributed by atoms with Crippen molar-refractivity contribution in [2.24, 2.45) is 5.73 Å². The number of amides is 1. The number of nitrogen functional groups attached to an aromatic ring is 1. The number of nitrogens with two attached hydrogens (primary N) is 2. The van der Waals surface area contributed by atoms with Crippen LogP contribution in [0.4, 0.5) is 5.69 Å². The SMILES string of the molecule is NC(=O)c1cc(N)cnc1OCc1ccccc1. The van der Waals surface area contributed by atoms with E-state index in [2.05, 4.69) is 4.98 Å². The van der Waals surface area contributed by atoms with E-state index < -0.39 is 5.91 Å². The second-order valence-corrected chi connectivity index (χ2v) is 3.76. The van der Waals surface area contributed by atoms with Gasteiger partial charge in [0.1, 0.15) is 12.2 Å². The molecule has 0 saturated carbocycles. The molecule has 2 rings (SSSR count). The summed E-state index contributed by atoms with van der Waals surface area (Å²) in [4.78, 5) is 15.2. The van der Waals surface area contributed by atoms with Crippen LogP contribution < -0.4 is 16.2 Å². The zero-order valence-electron chi connectivity index (χ0n) is 9.67. The first-order valence-corrected chi connectivity index (χ1v) is 5.39. The van der Waals surface area contributed by atoms with E-state index in [9.17, 15) is 4.79 Å². The molecule has 1 aromatic carbocycles. The number of ether oxygens (including phenoxy) is 1. The molecule has 2 aromatic rings. The molecule has 0 fully saturated rings. The molecule has 0 aliphatic rings. The molecule has 1 aromatic heterocycles. The summed E-state index contributed by atoms with van der Waals surface area (Å²) in [6.45, 7) is 0.317. The van der Waals surface area contributed by atoms with Crippen LogP contribution in [0.1, 0.15) is 15.9 Å². The number of nitrogens with zero attached hydrogens (tertiary/aromatic N) is 1. The lowest BCUT2D eigenvalue weighted by Gasteiger charge is -2.08. The summed E-state index contributed by atoms with van der Waals surface area (Å²) < 4.78 is 5.47. The summed E-state index contributed by atoms with van der Waals surface area (Å²) in [5.41, 5.74) is 12.3. The Hall–Kier alpha value is -2.56. The van der Waals surface area contributed by atoms with Gasteiger partial charge in [0.25, 0.3) is 5.91 Å². The van der Waals surface area contributed by atoms with Gasteiger partial charge < -0.3 is 16.2 Å². The highest BCUT2D eigenvalue weighted by Crippen LogP contribution is 2.18. The van der Waals surface area contributed by atoms with Crippen molar-refractivity contribution >= 4 is 11.6 Å². The van der Waals surface area contributed by atoms with Gasteiger partial charge in [-0.3, -0.25) is 4.79 Å². The number of hydrogen-bond donors (Lipinski definition) is 2. The monoisotopic (exact) mass is 243 g/mol. The third-order valence-corrected chi connectivity index (χ3v) is 2.36. The molecule has 5 heteroatoms. The van der Waals surface area contributed by atoms with Gasteiger partial charge in [-0.1, -0.05) is 30.3 Å². The molecule has 5 nitrogen and oxygen atoms in total. The summed E-state index contributed by atoms with van der Waals surface area (Å²) in [5.74, 6) is -0.418. The average molecular weight is 243 g/mol. The van der Waals surface area contributed by atoms with Crippen LogP contribution in [0.25, 0.3) is 0 Å². The molecular weight excluding hydrogens is 230 g/mol.